The van der Waals surface area contributed by atoms with E-state index < -0.39 is 6.36 Å². The van der Waals surface area contributed by atoms with E-state index in [1.165, 1.54) is 18.2 Å². The van der Waals surface area contributed by atoms with E-state index in [-0.39, 0.29) is 23.9 Å². The molecule has 0 spiro atoms. The Kier molecular flexibility index (Phi) is 6.85. The number of benzene rings is 2. The first-order valence-corrected chi connectivity index (χ1v) is 7.95. The predicted molar refractivity (Wildman–Crippen MR) is 93.8 cm³/mol. The fourth-order valence-electron chi connectivity index (χ4n) is 2.20. The highest BCUT2D eigenvalue weighted by atomic mass is 19.4. The maximum Gasteiger partial charge on any atom is 0.573 e. The fraction of sp³-hybridized carbons (Fsp3) is 0.278. The summed E-state index contributed by atoms with van der Waals surface area (Å²) in [4.78, 5) is 4.19. The SMILES string of the molecule is CCOCc1ccccc1CN=C(N)Nc1ccccc1OC(F)(F)F. The van der Waals surface area contributed by atoms with Gasteiger partial charge in [0.25, 0.3) is 0 Å². The molecule has 3 N–H and O–H groups in total. The van der Waals surface area contributed by atoms with E-state index in [2.05, 4.69) is 15.0 Å². The molecule has 0 heterocycles. The molecule has 0 aliphatic heterocycles. The number of alkyl halides is 3. The zero-order valence-electron chi connectivity index (χ0n) is 14.2. The maximum absolute atomic E-state index is 12.5. The summed E-state index contributed by atoms with van der Waals surface area (Å²) in [6.07, 6.45) is -4.79. The molecule has 0 aromatic heterocycles. The van der Waals surface area contributed by atoms with Gasteiger partial charge in [-0.25, -0.2) is 4.99 Å². The molecule has 0 fully saturated rings. The average molecular weight is 367 g/mol. The summed E-state index contributed by atoms with van der Waals surface area (Å²) in [7, 11) is 0. The molecular weight excluding hydrogens is 347 g/mol. The van der Waals surface area contributed by atoms with Crippen molar-refractivity contribution < 1.29 is 22.6 Å². The van der Waals surface area contributed by atoms with Gasteiger partial charge in [0, 0.05) is 6.61 Å². The first-order chi connectivity index (χ1) is 12.4. The zero-order chi connectivity index (χ0) is 19.0. The molecule has 2 aromatic rings. The monoisotopic (exact) mass is 367 g/mol. The van der Waals surface area contributed by atoms with Crippen molar-refractivity contribution in [2.45, 2.75) is 26.4 Å². The number of nitrogens with zero attached hydrogens (tertiary/aromatic N) is 1. The van der Waals surface area contributed by atoms with Gasteiger partial charge in [0.1, 0.15) is 0 Å². The van der Waals surface area contributed by atoms with Crippen molar-refractivity contribution in [3.05, 3.63) is 59.7 Å². The number of nitrogens with two attached hydrogens (primary N) is 1. The lowest BCUT2D eigenvalue weighted by Gasteiger charge is -2.14. The van der Waals surface area contributed by atoms with Crippen LogP contribution in [-0.4, -0.2) is 18.9 Å². The molecule has 0 atom stereocenters. The molecule has 8 heteroatoms. The van der Waals surface area contributed by atoms with Crippen molar-refractivity contribution in [1.82, 2.24) is 0 Å². The van der Waals surface area contributed by atoms with Gasteiger partial charge in [0.05, 0.1) is 18.8 Å². The summed E-state index contributed by atoms with van der Waals surface area (Å²) in [6.45, 7) is 3.22. The number of hydrogen-bond acceptors (Lipinski definition) is 3. The number of aliphatic imine (C=N–C) groups is 1. The van der Waals surface area contributed by atoms with E-state index in [0.29, 0.717) is 13.2 Å². The van der Waals surface area contributed by atoms with Crippen molar-refractivity contribution in [2.75, 3.05) is 11.9 Å². The molecule has 2 rings (SSSR count). The van der Waals surface area contributed by atoms with Crippen LogP contribution in [0.4, 0.5) is 18.9 Å². The fourth-order valence-corrected chi connectivity index (χ4v) is 2.20. The van der Waals surface area contributed by atoms with E-state index in [1.54, 1.807) is 6.07 Å². The van der Waals surface area contributed by atoms with Crippen molar-refractivity contribution in [2.24, 2.45) is 10.7 Å². The first kappa shape index (κ1) is 19.6. The van der Waals surface area contributed by atoms with Gasteiger partial charge in [-0.15, -0.1) is 13.2 Å². The highest BCUT2D eigenvalue weighted by molar-refractivity contribution is 5.93. The molecule has 0 amide bonds. The van der Waals surface area contributed by atoms with Crippen LogP contribution in [0.1, 0.15) is 18.1 Å². The number of halogens is 3. The highest BCUT2D eigenvalue weighted by Crippen LogP contribution is 2.29. The third-order valence-corrected chi connectivity index (χ3v) is 3.38. The molecule has 26 heavy (non-hydrogen) atoms. The Bertz CT molecular complexity index is 748. The van der Waals surface area contributed by atoms with Crippen molar-refractivity contribution >= 4 is 11.6 Å². The highest BCUT2D eigenvalue weighted by Gasteiger charge is 2.32. The number of rotatable bonds is 7. The normalized spacial score (nSPS) is 12.1. The number of hydrogen-bond donors (Lipinski definition) is 2. The lowest BCUT2D eigenvalue weighted by atomic mass is 10.1. The van der Waals surface area contributed by atoms with Crippen molar-refractivity contribution in [3.8, 4) is 5.75 Å². The summed E-state index contributed by atoms with van der Waals surface area (Å²) in [5.74, 6) is -0.399. The second-order valence-electron chi connectivity index (χ2n) is 5.28. The van der Waals surface area contributed by atoms with E-state index in [1.807, 2.05) is 31.2 Å². The Balaban J connectivity index is 2.08. The summed E-state index contributed by atoms with van der Waals surface area (Å²) >= 11 is 0. The third kappa shape index (κ3) is 6.29. The van der Waals surface area contributed by atoms with Crippen LogP contribution in [0.2, 0.25) is 0 Å². The Morgan fingerprint density at radius 2 is 1.73 bits per heavy atom. The quantitative estimate of drug-likeness (QED) is 0.572. The van der Waals surface area contributed by atoms with Crippen LogP contribution in [0.25, 0.3) is 0 Å². The molecule has 0 aliphatic carbocycles. The number of para-hydroxylation sites is 2. The van der Waals surface area contributed by atoms with Crippen molar-refractivity contribution in [3.63, 3.8) is 0 Å². The Hall–Kier alpha value is -2.74. The molecule has 0 saturated carbocycles. The second kappa shape index (κ2) is 9.10. The number of guanidine groups is 1. The smallest absolute Gasteiger partial charge is 0.404 e. The number of nitrogens with one attached hydrogen (secondary N) is 1. The summed E-state index contributed by atoms with van der Waals surface area (Å²) in [5.41, 5.74) is 7.78. The molecule has 0 aliphatic rings. The van der Waals surface area contributed by atoms with Crippen LogP contribution in [0.5, 0.6) is 5.75 Å². The lowest BCUT2D eigenvalue weighted by Crippen LogP contribution is -2.24. The molecule has 0 bridgehead atoms. The topological polar surface area (TPSA) is 68.9 Å². The molecule has 0 radical (unpaired) electrons. The Morgan fingerprint density at radius 1 is 1.08 bits per heavy atom. The minimum atomic E-state index is -4.79. The van der Waals surface area contributed by atoms with Gasteiger partial charge in [-0.2, -0.15) is 0 Å². The largest absolute Gasteiger partial charge is 0.573 e. The number of ether oxygens (including phenoxy) is 2. The lowest BCUT2D eigenvalue weighted by molar-refractivity contribution is -0.274. The molecule has 2 aromatic carbocycles. The van der Waals surface area contributed by atoms with Crippen LogP contribution in [0.3, 0.4) is 0 Å². The van der Waals surface area contributed by atoms with E-state index in [4.69, 9.17) is 10.5 Å². The van der Waals surface area contributed by atoms with Gasteiger partial charge in [-0.1, -0.05) is 36.4 Å². The van der Waals surface area contributed by atoms with E-state index >= 15 is 0 Å². The zero-order valence-corrected chi connectivity index (χ0v) is 14.2. The molecule has 0 unspecified atom stereocenters. The second-order valence-corrected chi connectivity index (χ2v) is 5.28. The predicted octanol–water partition coefficient (Wildman–Crippen LogP) is 4.05. The van der Waals surface area contributed by atoms with Crippen LogP contribution in [0.15, 0.2) is 53.5 Å². The maximum atomic E-state index is 12.5. The minimum Gasteiger partial charge on any atom is -0.404 e. The Labute approximate surface area is 149 Å². The van der Waals surface area contributed by atoms with Crippen LogP contribution in [0, 0.1) is 0 Å². The third-order valence-electron chi connectivity index (χ3n) is 3.38. The first-order valence-electron chi connectivity index (χ1n) is 7.95. The molecule has 0 saturated heterocycles. The van der Waals surface area contributed by atoms with Gasteiger partial charge >= 0.3 is 6.36 Å². The van der Waals surface area contributed by atoms with Crippen LogP contribution in [-0.2, 0) is 17.9 Å². The standard InChI is InChI=1S/C18H20F3N3O2/c1-2-25-12-14-8-4-3-7-13(14)11-23-17(22)24-15-9-5-6-10-16(15)26-18(19,20)21/h3-10H,2,11-12H2,1H3,(H3,22,23,24). The molecule has 140 valence electrons. The minimum absolute atomic E-state index is 0.0190. The summed E-state index contributed by atoms with van der Waals surface area (Å²) < 4.78 is 46.7. The van der Waals surface area contributed by atoms with Crippen molar-refractivity contribution in [1.29, 1.82) is 0 Å². The Morgan fingerprint density at radius 3 is 2.42 bits per heavy atom. The molecule has 5 nitrogen and oxygen atoms in total. The van der Waals surface area contributed by atoms with E-state index in [9.17, 15) is 13.2 Å². The van der Waals surface area contributed by atoms with Gasteiger partial charge in [-0.3, -0.25) is 0 Å². The van der Waals surface area contributed by atoms with Gasteiger partial charge in [0.15, 0.2) is 11.7 Å². The number of anilines is 1. The van der Waals surface area contributed by atoms with Gasteiger partial charge in [0.2, 0.25) is 0 Å². The summed E-state index contributed by atoms with van der Waals surface area (Å²) in [6, 6.07) is 13.2. The van der Waals surface area contributed by atoms with Crippen LogP contribution >= 0.6 is 0 Å². The molecular formula is C18H20F3N3O2. The average Bonchev–Trinajstić information content (AvgIpc) is 2.59. The van der Waals surface area contributed by atoms with E-state index in [0.717, 1.165) is 11.1 Å². The van der Waals surface area contributed by atoms with Crippen LogP contribution < -0.4 is 15.8 Å². The van der Waals surface area contributed by atoms with Gasteiger partial charge in [-0.05, 0) is 30.2 Å². The summed E-state index contributed by atoms with van der Waals surface area (Å²) in [5, 5.41) is 2.64. The van der Waals surface area contributed by atoms with Gasteiger partial charge < -0.3 is 20.5 Å².